The number of nitrogens with zero attached hydrogens (tertiary/aromatic N) is 2. The molecule has 9 aromatic carbocycles. The van der Waals surface area contributed by atoms with E-state index < -0.39 is 0 Å². The van der Waals surface area contributed by atoms with Gasteiger partial charge in [-0.2, -0.15) is 0 Å². The zero-order chi connectivity index (χ0) is 48.2. The lowest BCUT2D eigenvalue weighted by atomic mass is 9.42. The van der Waals surface area contributed by atoms with Crippen LogP contribution in [0.5, 0.6) is 0 Å². The molecule has 74 heavy (non-hydrogen) atoms. The molecule has 4 heterocycles. The first-order chi connectivity index (χ1) is 36.5. The summed E-state index contributed by atoms with van der Waals surface area (Å²) in [7, 11) is 0. The molecule has 11 aromatic rings. The van der Waals surface area contributed by atoms with Gasteiger partial charge in [0, 0.05) is 42.9 Å². The third kappa shape index (κ3) is 5.58. The number of fused-ring (bicyclic) bond motifs is 16. The van der Waals surface area contributed by atoms with E-state index in [4.69, 9.17) is 0 Å². The van der Waals surface area contributed by atoms with Crippen molar-refractivity contribution < 1.29 is 0 Å². The van der Waals surface area contributed by atoms with Gasteiger partial charge in [-0.15, -0.1) is 11.3 Å². The topological polar surface area (TPSA) is 8.17 Å². The normalized spacial score (nSPS) is 26.1. The largest absolute Gasteiger partial charge is 0.375 e. The molecule has 2 atom stereocenters. The van der Waals surface area contributed by atoms with Crippen LogP contribution >= 0.6 is 11.3 Å². The van der Waals surface area contributed by atoms with Gasteiger partial charge in [0.05, 0.1) is 27.1 Å². The molecule has 2 nitrogen and oxygen atoms in total. The molecule has 2 unspecified atom stereocenters. The molecule has 19 rings (SSSR count). The second kappa shape index (κ2) is 14.8. The van der Waals surface area contributed by atoms with E-state index in [0.717, 1.165) is 29.6 Å². The van der Waals surface area contributed by atoms with Gasteiger partial charge in [0.25, 0.3) is 0 Å². The van der Waals surface area contributed by atoms with E-state index in [1.165, 1.54) is 191 Å². The van der Waals surface area contributed by atoms with Gasteiger partial charge in [0.15, 0.2) is 0 Å². The van der Waals surface area contributed by atoms with Crippen molar-refractivity contribution in [3.63, 3.8) is 0 Å². The summed E-state index contributed by atoms with van der Waals surface area (Å²) in [6, 6.07) is 65.0. The molecule has 0 N–H and O–H groups in total. The van der Waals surface area contributed by atoms with Crippen molar-refractivity contribution in [3.05, 3.63) is 175 Å². The van der Waals surface area contributed by atoms with Crippen LogP contribution in [-0.4, -0.2) is 11.4 Å². The first kappa shape index (κ1) is 41.7. The summed E-state index contributed by atoms with van der Waals surface area (Å²) in [6.07, 6.45) is 16.7. The van der Waals surface area contributed by atoms with Crippen LogP contribution in [-0.2, 0) is 10.8 Å². The van der Waals surface area contributed by atoms with Crippen molar-refractivity contribution in [2.75, 3.05) is 4.81 Å². The predicted molar refractivity (Wildman–Crippen MR) is 315 cm³/mol. The summed E-state index contributed by atoms with van der Waals surface area (Å²) in [5.74, 6) is 4.35. The zero-order valence-corrected chi connectivity index (χ0v) is 43.2. The van der Waals surface area contributed by atoms with Crippen LogP contribution in [0.1, 0.15) is 95.1 Å². The Morgan fingerprint density at radius 3 is 1.95 bits per heavy atom. The summed E-state index contributed by atoms with van der Waals surface area (Å²) in [6.45, 7) is 2.46. The Kier molecular flexibility index (Phi) is 8.35. The average Bonchev–Trinajstić information content (AvgIpc) is 4.15. The number of rotatable bonds is 5. The maximum Gasteiger partial charge on any atom is 0.333 e. The van der Waals surface area contributed by atoms with Crippen LogP contribution in [0.3, 0.4) is 0 Å². The highest BCUT2D eigenvalue weighted by Crippen LogP contribution is 2.62. The van der Waals surface area contributed by atoms with Crippen LogP contribution in [0.15, 0.2) is 164 Å². The second-order valence-corrected chi connectivity index (χ2v) is 26.1. The lowest BCUT2D eigenvalue weighted by Gasteiger charge is -2.57. The predicted octanol–water partition coefficient (Wildman–Crippen LogP) is 17.7. The average molecular weight is 971 g/mol. The van der Waals surface area contributed by atoms with E-state index in [-0.39, 0.29) is 17.7 Å². The first-order valence-corrected chi connectivity index (χ1v) is 29.3. The van der Waals surface area contributed by atoms with Crippen molar-refractivity contribution in [2.45, 2.75) is 94.8 Å². The van der Waals surface area contributed by atoms with Crippen LogP contribution in [0, 0.1) is 29.6 Å². The molecule has 0 spiro atoms. The van der Waals surface area contributed by atoms with Crippen molar-refractivity contribution >= 4 is 104 Å². The molecular weight excluding hydrogens is 912 g/mol. The minimum Gasteiger partial charge on any atom is -0.375 e. The summed E-state index contributed by atoms with van der Waals surface area (Å²) in [5.41, 5.74) is 18.8. The Morgan fingerprint density at radius 1 is 0.514 bits per heavy atom. The Bertz CT molecular complexity index is 4190. The van der Waals surface area contributed by atoms with Crippen molar-refractivity contribution in [2.24, 2.45) is 29.6 Å². The molecule has 0 amide bonds. The molecule has 4 heteroatoms. The van der Waals surface area contributed by atoms with Crippen molar-refractivity contribution in [1.29, 1.82) is 0 Å². The third-order valence-corrected chi connectivity index (χ3v) is 22.4. The molecule has 6 aliphatic carbocycles. The monoisotopic (exact) mass is 970 g/mol. The Labute approximate surface area is 438 Å². The number of aromatic nitrogens is 1. The second-order valence-electron chi connectivity index (χ2n) is 25.0. The maximum absolute atomic E-state index is 2.86. The van der Waals surface area contributed by atoms with Crippen LogP contribution < -0.4 is 15.7 Å². The van der Waals surface area contributed by atoms with Gasteiger partial charge in [-0.3, -0.25) is 0 Å². The lowest BCUT2D eigenvalue weighted by molar-refractivity contribution is -0.00509. The highest BCUT2D eigenvalue weighted by Gasteiger charge is 2.53. The summed E-state index contributed by atoms with van der Waals surface area (Å²) >= 11 is 2.00. The summed E-state index contributed by atoms with van der Waals surface area (Å²) in [4.78, 5) is 2.86. The van der Waals surface area contributed by atoms with Crippen LogP contribution in [0.25, 0.3) is 91.5 Å². The molecule has 6 bridgehead atoms. The molecule has 2 aliphatic heterocycles. The standard InChI is InChI=1S/C70H59BN2S/c1-2-69(36-41-16-17-42(26-41)37-69)51-20-25-62-57(33-51)60-34-52(70-38-43-27-44(39-70)29-45(28-43)40-70)35-61-65(60)72(62)66-54-15-9-8-14-50(54)31-59-55-23-24-56-58-30-48-12-6-7-13-49(48)32-63(58)74-68(56)67(55)73(71(61)64(59)66)53-21-18-47(19-22-53)46-10-4-3-5-11-46/h3-15,18-25,30-35,41-45H,2,16-17,26-29,36-40H2,1H3. The minimum atomic E-state index is -0.0434. The van der Waals surface area contributed by atoms with Gasteiger partial charge in [-0.25, -0.2) is 0 Å². The molecule has 2 aromatic heterocycles. The van der Waals surface area contributed by atoms with Gasteiger partial charge in [0.1, 0.15) is 0 Å². The van der Waals surface area contributed by atoms with Gasteiger partial charge in [-0.1, -0.05) is 135 Å². The van der Waals surface area contributed by atoms with E-state index in [9.17, 15) is 0 Å². The molecule has 358 valence electrons. The Balaban J connectivity index is 0.978. The maximum atomic E-state index is 2.86. The quantitative estimate of drug-likeness (QED) is 0.156. The highest BCUT2D eigenvalue weighted by molar-refractivity contribution is 7.26. The third-order valence-electron chi connectivity index (χ3n) is 21.2. The van der Waals surface area contributed by atoms with Gasteiger partial charge in [-0.05, 0) is 208 Å². The summed E-state index contributed by atoms with van der Waals surface area (Å²) in [5, 5.41) is 11.0. The number of hydrogen-bond donors (Lipinski definition) is 0. The molecule has 6 fully saturated rings. The van der Waals surface area contributed by atoms with E-state index in [0.29, 0.717) is 0 Å². The Hall–Kier alpha value is -6.62. The van der Waals surface area contributed by atoms with Crippen molar-refractivity contribution in [1.82, 2.24) is 4.57 Å². The van der Waals surface area contributed by atoms with Crippen LogP contribution in [0.4, 0.5) is 11.4 Å². The van der Waals surface area contributed by atoms with Gasteiger partial charge in [0.2, 0.25) is 0 Å². The number of benzene rings is 9. The molecule has 8 aliphatic rings. The smallest absolute Gasteiger partial charge is 0.333 e. The molecular formula is C70H59BN2S. The first-order valence-electron chi connectivity index (χ1n) is 28.5. The van der Waals surface area contributed by atoms with E-state index in [2.05, 4.69) is 180 Å². The number of thiophene rings is 1. The molecule has 0 saturated heterocycles. The fourth-order valence-electron chi connectivity index (χ4n) is 18.5. The highest BCUT2D eigenvalue weighted by atomic mass is 32.1. The number of anilines is 2. The molecule has 6 saturated carbocycles. The van der Waals surface area contributed by atoms with E-state index in [1.807, 2.05) is 11.3 Å². The lowest BCUT2D eigenvalue weighted by Crippen LogP contribution is -2.61. The minimum absolute atomic E-state index is 0.0434. The van der Waals surface area contributed by atoms with E-state index in [1.54, 1.807) is 11.1 Å². The SMILES string of the molecule is CCC1(c2ccc3c(c2)c2cc(C45CC6CC(CC(C6)C4)C5)cc4c2n3-c2c3c(cc5ccccc25)-c2ccc5c(sc6cc7ccccc7cc65)c2N(c2ccc(-c5ccccc5)cc2)B34)CC2CCC(C2)C1. The molecule has 0 radical (unpaired) electrons. The van der Waals surface area contributed by atoms with E-state index >= 15 is 0 Å². The van der Waals surface area contributed by atoms with Crippen LogP contribution in [0.2, 0.25) is 0 Å². The zero-order valence-electron chi connectivity index (χ0n) is 42.3. The fourth-order valence-corrected chi connectivity index (χ4v) is 19.8. The van der Waals surface area contributed by atoms with Gasteiger partial charge < -0.3 is 9.38 Å². The summed E-state index contributed by atoms with van der Waals surface area (Å²) < 4.78 is 5.55. The van der Waals surface area contributed by atoms with Gasteiger partial charge >= 0.3 is 6.85 Å². The van der Waals surface area contributed by atoms with Crippen molar-refractivity contribution in [3.8, 4) is 27.9 Å². The Morgan fingerprint density at radius 2 is 1.19 bits per heavy atom. The number of hydrogen-bond acceptors (Lipinski definition) is 2. The fraction of sp³-hybridized carbons (Fsp3) is 0.286.